The molecule has 162 valence electrons. The Morgan fingerprint density at radius 2 is 1.94 bits per heavy atom. The van der Waals surface area contributed by atoms with Crippen LogP contribution in [0, 0.1) is 0 Å². The molecule has 2 aromatic heterocycles. The van der Waals surface area contributed by atoms with Gasteiger partial charge in [0.15, 0.2) is 5.82 Å². The van der Waals surface area contributed by atoms with Crippen molar-refractivity contribution in [2.75, 3.05) is 41.4 Å². The molecule has 0 bridgehead atoms. The van der Waals surface area contributed by atoms with E-state index >= 15 is 0 Å². The maximum Gasteiger partial charge on any atom is 0.350 e. The second kappa shape index (κ2) is 9.21. The van der Waals surface area contributed by atoms with E-state index < -0.39 is 17.6 Å². The zero-order chi connectivity index (χ0) is 21.8. The Morgan fingerprint density at radius 3 is 2.65 bits per heavy atom. The molecule has 0 spiro atoms. The number of esters is 1. The van der Waals surface area contributed by atoms with Crippen molar-refractivity contribution in [1.82, 2.24) is 19.2 Å². The van der Waals surface area contributed by atoms with Crippen LogP contribution in [0.15, 0.2) is 41.5 Å². The van der Waals surface area contributed by atoms with Crippen molar-refractivity contribution in [3.63, 3.8) is 0 Å². The average molecular weight is 443 g/mol. The van der Waals surface area contributed by atoms with Gasteiger partial charge in [-0.25, -0.2) is 23.7 Å². The standard InChI is InChI=1S/C20H22N6O4S/c1-2-30-19(28)14-3-5-15(6-4-14)22-16(27)13-26-20(29)25-8-7-21-17(18(25)23-26)24-9-11-31-12-10-24/h3-8H,2,9-13H2,1H3,(H,22,27). The minimum atomic E-state index is -0.423. The zero-order valence-corrected chi connectivity index (χ0v) is 17.8. The number of benzene rings is 1. The fourth-order valence-electron chi connectivity index (χ4n) is 3.28. The molecule has 1 fully saturated rings. The second-order valence-electron chi connectivity index (χ2n) is 6.83. The first-order valence-corrected chi connectivity index (χ1v) is 11.1. The number of fused-ring (bicyclic) bond motifs is 1. The highest BCUT2D eigenvalue weighted by Crippen LogP contribution is 2.20. The van der Waals surface area contributed by atoms with Crippen LogP contribution in [0.2, 0.25) is 0 Å². The third-order valence-corrected chi connectivity index (χ3v) is 5.71. The van der Waals surface area contributed by atoms with Gasteiger partial charge in [0, 0.05) is 42.7 Å². The van der Waals surface area contributed by atoms with Gasteiger partial charge in [-0.05, 0) is 31.2 Å². The molecule has 31 heavy (non-hydrogen) atoms. The first-order chi connectivity index (χ1) is 15.1. The molecule has 10 nitrogen and oxygen atoms in total. The number of anilines is 2. The Hall–Kier alpha value is -3.34. The number of thioether (sulfide) groups is 1. The van der Waals surface area contributed by atoms with Crippen molar-refractivity contribution < 1.29 is 14.3 Å². The van der Waals surface area contributed by atoms with Crippen molar-refractivity contribution in [1.29, 1.82) is 0 Å². The van der Waals surface area contributed by atoms with Crippen LogP contribution in [0.3, 0.4) is 0 Å². The number of ether oxygens (including phenoxy) is 1. The van der Waals surface area contributed by atoms with Gasteiger partial charge < -0.3 is 15.0 Å². The summed E-state index contributed by atoms with van der Waals surface area (Å²) in [5, 5.41) is 7.07. The summed E-state index contributed by atoms with van der Waals surface area (Å²) >= 11 is 1.88. The van der Waals surface area contributed by atoms with E-state index in [1.165, 1.54) is 4.40 Å². The summed E-state index contributed by atoms with van der Waals surface area (Å²) < 4.78 is 7.47. The summed E-state index contributed by atoms with van der Waals surface area (Å²) in [6.07, 6.45) is 3.12. The maximum absolute atomic E-state index is 12.7. The van der Waals surface area contributed by atoms with E-state index in [4.69, 9.17) is 4.74 Å². The first kappa shape index (κ1) is 20.9. The van der Waals surface area contributed by atoms with E-state index in [2.05, 4.69) is 20.3 Å². The van der Waals surface area contributed by atoms with Gasteiger partial charge in [-0.2, -0.15) is 11.8 Å². The van der Waals surface area contributed by atoms with E-state index in [-0.39, 0.29) is 6.54 Å². The second-order valence-corrected chi connectivity index (χ2v) is 8.05. The SMILES string of the molecule is CCOC(=O)c1ccc(NC(=O)Cn2nc3c(N4CCSCC4)nccn3c2=O)cc1. The van der Waals surface area contributed by atoms with Gasteiger partial charge in [-0.3, -0.25) is 4.79 Å². The normalized spacial score (nSPS) is 13.9. The lowest BCUT2D eigenvalue weighted by molar-refractivity contribution is -0.117. The molecule has 1 saturated heterocycles. The Bertz CT molecular complexity index is 1150. The van der Waals surface area contributed by atoms with Crippen LogP contribution < -0.4 is 15.9 Å². The molecule has 1 N–H and O–H groups in total. The minimum absolute atomic E-state index is 0.241. The number of amides is 1. The highest BCUT2D eigenvalue weighted by Gasteiger charge is 2.20. The van der Waals surface area contributed by atoms with Crippen molar-refractivity contribution in [2.45, 2.75) is 13.5 Å². The van der Waals surface area contributed by atoms with Gasteiger partial charge in [0.2, 0.25) is 11.6 Å². The molecule has 3 heterocycles. The fourth-order valence-corrected chi connectivity index (χ4v) is 4.18. The Balaban J connectivity index is 1.49. The molecule has 1 amide bonds. The molecule has 11 heteroatoms. The summed E-state index contributed by atoms with van der Waals surface area (Å²) in [7, 11) is 0. The molecule has 0 saturated carbocycles. The van der Waals surface area contributed by atoms with Crippen LogP contribution in [0.4, 0.5) is 11.5 Å². The van der Waals surface area contributed by atoms with Gasteiger partial charge in [0.1, 0.15) is 6.54 Å². The summed E-state index contributed by atoms with van der Waals surface area (Å²) in [5.74, 6) is 1.80. The predicted octanol–water partition coefficient (Wildman–Crippen LogP) is 1.26. The van der Waals surface area contributed by atoms with Crippen LogP contribution in [0.1, 0.15) is 17.3 Å². The van der Waals surface area contributed by atoms with E-state index in [0.29, 0.717) is 29.3 Å². The number of rotatable bonds is 6. The Labute approximate surface area is 182 Å². The molecule has 0 aliphatic carbocycles. The largest absolute Gasteiger partial charge is 0.462 e. The highest BCUT2D eigenvalue weighted by molar-refractivity contribution is 7.99. The number of nitrogens with one attached hydrogen (secondary N) is 1. The minimum Gasteiger partial charge on any atom is -0.462 e. The molecule has 0 unspecified atom stereocenters. The van der Waals surface area contributed by atoms with Crippen LogP contribution in [-0.4, -0.2) is 62.2 Å². The Morgan fingerprint density at radius 1 is 1.19 bits per heavy atom. The van der Waals surface area contributed by atoms with E-state index in [0.717, 1.165) is 29.3 Å². The predicted molar refractivity (Wildman–Crippen MR) is 118 cm³/mol. The van der Waals surface area contributed by atoms with Gasteiger partial charge in [0.25, 0.3) is 0 Å². The first-order valence-electron chi connectivity index (χ1n) is 9.90. The van der Waals surface area contributed by atoms with Crippen molar-refractivity contribution in [2.24, 2.45) is 0 Å². The summed E-state index contributed by atoms with van der Waals surface area (Å²) in [6, 6.07) is 6.35. The topological polar surface area (TPSA) is 111 Å². The monoisotopic (exact) mass is 442 g/mol. The maximum atomic E-state index is 12.7. The molecule has 0 atom stereocenters. The van der Waals surface area contributed by atoms with Crippen LogP contribution in [0.25, 0.3) is 5.65 Å². The molecule has 0 radical (unpaired) electrons. The molecule has 1 aliphatic rings. The molecule has 1 aliphatic heterocycles. The number of aromatic nitrogens is 4. The lowest BCUT2D eigenvalue weighted by Crippen LogP contribution is -2.33. The zero-order valence-electron chi connectivity index (χ0n) is 17.0. The Kier molecular flexibility index (Phi) is 6.21. The van der Waals surface area contributed by atoms with Crippen LogP contribution >= 0.6 is 11.8 Å². The number of hydrogen-bond donors (Lipinski definition) is 1. The van der Waals surface area contributed by atoms with Crippen molar-refractivity contribution >= 4 is 40.8 Å². The summed E-state index contributed by atoms with van der Waals surface area (Å²) in [4.78, 5) is 43.4. The van der Waals surface area contributed by atoms with E-state index in [1.807, 2.05) is 11.8 Å². The lowest BCUT2D eigenvalue weighted by atomic mass is 10.2. The molecular formula is C20H22N6O4S. The van der Waals surface area contributed by atoms with Gasteiger partial charge >= 0.3 is 11.7 Å². The summed E-state index contributed by atoms with van der Waals surface area (Å²) in [5.41, 5.74) is 0.930. The lowest BCUT2D eigenvalue weighted by Gasteiger charge is -2.27. The van der Waals surface area contributed by atoms with E-state index in [9.17, 15) is 14.4 Å². The summed E-state index contributed by atoms with van der Waals surface area (Å²) in [6.45, 7) is 3.45. The molecule has 4 rings (SSSR count). The van der Waals surface area contributed by atoms with Gasteiger partial charge in [0.05, 0.1) is 12.2 Å². The highest BCUT2D eigenvalue weighted by atomic mass is 32.2. The smallest absolute Gasteiger partial charge is 0.350 e. The number of carbonyl (C=O) groups excluding carboxylic acids is 2. The third-order valence-electron chi connectivity index (χ3n) is 4.77. The third kappa shape index (κ3) is 4.55. The number of carbonyl (C=O) groups is 2. The van der Waals surface area contributed by atoms with E-state index in [1.54, 1.807) is 43.6 Å². The average Bonchev–Trinajstić information content (AvgIpc) is 3.10. The molecular weight excluding hydrogens is 420 g/mol. The molecule has 1 aromatic carbocycles. The molecule has 3 aromatic rings. The number of nitrogens with zero attached hydrogens (tertiary/aromatic N) is 5. The fraction of sp³-hybridized carbons (Fsp3) is 0.350. The van der Waals surface area contributed by atoms with Crippen LogP contribution in [0.5, 0.6) is 0 Å². The van der Waals surface area contributed by atoms with Crippen molar-refractivity contribution in [3.05, 3.63) is 52.7 Å². The number of hydrogen-bond acceptors (Lipinski definition) is 8. The quantitative estimate of drug-likeness (QED) is 0.568. The van der Waals surface area contributed by atoms with Crippen LogP contribution in [-0.2, 0) is 16.1 Å². The van der Waals surface area contributed by atoms with Crippen molar-refractivity contribution in [3.8, 4) is 0 Å². The van der Waals surface area contributed by atoms with Gasteiger partial charge in [-0.15, -0.1) is 5.10 Å². The van der Waals surface area contributed by atoms with Gasteiger partial charge in [-0.1, -0.05) is 0 Å².